The first-order chi connectivity index (χ1) is 3.83. The second kappa shape index (κ2) is 2.29. The first-order valence-corrected chi connectivity index (χ1v) is 4.29. The van der Waals surface area contributed by atoms with Crippen molar-refractivity contribution in [2.24, 2.45) is 4.99 Å². The van der Waals surface area contributed by atoms with E-state index in [4.69, 9.17) is 0 Å². The fourth-order valence-electron chi connectivity index (χ4n) is 0.446. The van der Waals surface area contributed by atoms with E-state index in [-0.39, 0.29) is 5.91 Å². The molecule has 1 amide bonds. The van der Waals surface area contributed by atoms with Crippen LogP contribution in [-0.4, -0.2) is 32.6 Å². The first-order valence-electron chi connectivity index (χ1n) is 2.22. The van der Waals surface area contributed by atoms with Crippen LogP contribution in [-0.2, 0) is 4.79 Å². The Labute approximate surface area is 53.7 Å². The normalized spacial score (nSPS) is 24.1. The Hall–Kier alpha value is -0.341. The van der Waals surface area contributed by atoms with Gasteiger partial charge in [-0.25, -0.2) is 0 Å². The van der Waals surface area contributed by atoms with Crippen LogP contribution in [0.4, 0.5) is 0 Å². The number of carbonyl (C=O) groups is 1. The zero-order valence-corrected chi connectivity index (χ0v) is 6.18. The number of amidine groups is 1. The summed E-state index contributed by atoms with van der Waals surface area (Å²) in [4.78, 5) is 14.3. The second-order valence-electron chi connectivity index (χ2n) is 1.37. The molecule has 8 heavy (non-hydrogen) atoms. The molecule has 0 saturated carbocycles. The third-order valence-electron chi connectivity index (χ3n) is 0.789. The number of amides is 1. The van der Waals surface area contributed by atoms with Gasteiger partial charge in [0.05, 0.1) is 0 Å². The summed E-state index contributed by atoms with van der Waals surface area (Å²) in [5, 5.41) is 3.31. The third kappa shape index (κ3) is 1.08. The predicted octanol–water partition coefficient (Wildman–Crippen LogP) is -0.776. The average molecular weight is 177 g/mol. The molecule has 0 aromatic carbocycles. The van der Waals surface area contributed by atoms with Crippen LogP contribution in [0.2, 0.25) is 5.32 Å². The molecule has 0 spiro atoms. The minimum absolute atomic E-state index is 0.116. The molecule has 1 N–H and O–H groups in total. The van der Waals surface area contributed by atoms with E-state index in [2.05, 4.69) is 10.3 Å². The van der Waals surface area contributed by atoms with Gasteiger partial charge in [0.15, 0.2) is 0 Å². The fourth-order valence-corrected chi connectivity index (χ4v) is 1.82. The SMILES string of the molecule is CN=C1NC(=O)C[Se]1. The standard InChI is InChI=1S/C4H6N2OSe/c1-5-4-6-3(7)2-8-4/h2H2,1H3,(H,5,6,7). The second-order valence-corrected chi connectivity index (χ2v) is 3.39. The Balaban J connectivity index is 2.56. The number of hydrogen-bond donors (Lipinski definition) is 1. The van der Waals surface area contributed by atoms with E-state index in [0.717, 1.165) is 4.73 Å². The maximum atomic E-state index is 10.4. The topological polar surface area (TPSA) is 41.5 Å². The maximum absolute atomic E-state index is 10.4. The van der Waals surface area contributed by atoms with Crippen LogP contribution in [0.25, 0.3) is 0 Å². The van der Waals surface area contributed by atoms with Crippen LogP contribution >= 0.6 is 0 Å². The molecule has 0 aromatic rings. The van der Waals surface area contributed by atoms with Crippen LogP contribution in [0.15, 0.2) is 4.99 Å². The number of aliphatic imine (C=N–C) groups is 1. The molecular weight excluding hydrogens is 171 g/mol. The predicted molar refractivity (Wildman–Crippen MR) is 32.1 cm³/mol. The van der Waals surface area contributed by atoms with Crippen LogP contribution in [0.3, 0.4) is 0 Å². The van der Waals surface area contributed by atoms with Gasteiger partial charge >= 0.3 is 53.1 Å². The number of nitrogens with zero attached hydrogens (tertiary/aromatic N) is 1. The van der Waals surface area contributed by atoms with Crippen molar-refractivity contribution in [3.05, 3.63) is 0 Å². The van der Waals surface area contributed by atoms with E-state index < -0.39 is 0 Å². The van der Waals surface area contributed by atoms with Crippen molar-refractivity contribution in [3.63, 3.8) is 0 Å². The molecule has 44 valence electrons. The van der Waals surface area contributed by atoms with Crippen molar-refractivity contribution >= 4 is 25.6 Å². The van der Waals surface area contributed by atoms with Gasteiger partial charge in [-0.3, -0.25) is 0 Å². The molecule has 1 rings (SSSR count). The zero-order valence-electron chi connectivity index (χ0n) is 4.47. The Morgan fingerprint density at radius 1 is 1.88 bits per heavy atom. The van der Waals surface area contributed by atoms with Gasteiger partial charge in [0.1, 0.15) is 0 Å². The van der Waals surface area contributed by atoms with Crippen molar-refractivity contribution in [1.82, 2.24) is 5.32 Å². The van der Waals surface area contributed by atoms with E-state index in [0.29, 0.717) is 20.3 Å². The molecular formula is C4H6N2OSe. The van der Waals surface area contributed by atoms with Gasteiger partial charge < -0.3 is 0 Å². The minimum atomic E-state index is 0.116. The monoisotopic (exact) mass is 178 g/mol. The Morgan fingerprint density at radius 3 is 2.88 bits per heavy atom. The van der Waals surface area contributed by atoms with Gasteiger partial charge in [-0.2, -0.15) is 0 Å². The van der Waals surface area contributed by atoms with Crippen molar-refractivity contribution in [2.75, 3.05) is 7.05 Å². The van der Waals surface area contributed by atoms with Crippen molar-refractivity contribution in [3.8, 4) is 0 Å². The molecule has 4 heteroatoms. The number of nitrogens with one attached hydrogen (secondary N) is 1. The first kappa shape index (κ1) is 5.79. The molecule has 1 saturated heterocycles. The molecule has 1 aliphatic rings. The zero-order chi connectivity index (χ0) is 5.98. The van der Waals surface area contributed by atoms with Gasteiger partial charge in [0, 0.05) is 0 Å². The third-order valence-corrected chi connectivity index (χ3v) is 2.81. The molecule has 1 aliphatic heterocycles. The summed E-state index contributed by atoms with van der Waals surface area (Å²) < 4.78 is 0.877. The van der Waals surface area contributed by atoms with Crippen molar-refractivity contribution in [1.29, 1.82) is 0 Å². The van der Waals surface area contributed by atoms with E-state index in [1.807, 2.05) is 0 Å². The van der Waals surface area contributed by atoms with Gasteiger partial charge in [-0.15, -0.1) is 0 Å². The van der Waals surface area contributed by atoms with Gasteiger partial charge in [-0.05, 0) is 0 Å². The molecule has 0 atom stereocenters. The summed E-state index contributed by atoms with van der Waals surface area (Å²) in [5.74, 6) is 0.116. The fraction of sp³-hybridized carbons (Fsp3) is 0.500. The Kier molecular flexibility index (Phi) is 1.65. The molecule has 0 aliphatic carbocycles. The van der Waals surface area contributed by atoms with E-state index >= 15 is 0 Å². The van der Waals surface area contributed by atoms with Crippen LogP contribution in [0.5, 0.6) is 0 Å². The molecule has 1 heterocycles. The van der Waals surface area contributed by atoms with Crippen LogP contribution in [0, 0.1) is 0 Å². The van der Waals surface area contributed by atoms with Crippen molar-refractivity contribution < 1.29 is 4.79 Å². The molecule has 0 aromatic heterocycles. The summed E-state index contributed by atoms with van der Waals surface area (Å²) in [6.07, 6.45) is 0. The average Bonchev–Trinajstić information content (AvgIpc) is 2.14. The molecule has 1 fully saturated rings. The summed E-state index contributed by atoms with van der Waals surface area (Å²) in [6.45, 7) is 0. The molecule has 3 nitrogen and oxygen atoms in total. The van der Waals surface area contributed by atoms with Gasteiger partial charge in [0.25, 0.3) is 0 Å². The van der Waals surface area contributed by atoms with Crippen LogP contribution < -0.4 is 5.32 Å². The molecule has 0 unspecified atom stereocenters. The number of carbonyl (C=O) groups excluding carboxylic acids is 1. The summed E-state index contributed by atoms with van der Waals surface area (Å²) in [5.41, 5.74) is 0. The Bertz CT molecular complexity index is 143. The quantitative estimate of drug-likeness (QED) is 0.485. The Morgan fingerprint density at radius 2 is 2.62 bits per heavy atom. The van der Waals surface area contributed by atoms with Gasteiger partial charge in [-0.1, -0.05) is 0 Å². The van der Waals surface area contributed by atoms with E-state index in [1.54, 1.807) is 7.05 Å². The number of rotatable bonds is 0. The van der Waals surface area contributed by atoms with E-state index in [1.165, 1.54) is 0 Å². The number of hydrogen-bond acceptors (Lipinski definition) is 2. The van der Waals surface area contributed by atoms with Crippen molar-refractivity contribution in [2.45, 2.75) is 5.32 Å². The van der Waals surface area contributed by atoms with Crippen LogP contribution in [0.1, 0.15) is 0 Å². The summed E-state index contributed by atoms with van der Waals surface area (Å²) >= 11 is 0.297. The summed E-state index contributed by atoms with van der Waals surface area (Å²) in [6, 6.07) is 0. The molecule has 0 radical (unpaired) electrons. The molecule has 0 bridgehead atoms. The summed E-state index contributed by atoms with van der Waals surface area (Å²) in [7, 11) is 1.70. The van der Waals surface area contributed by atoms with Gasteiger partial charge in [0.2, 0.25) is 0 Å². The van der Waals surface area contributed by atoms with E-state index in [9.17, 15) is 4.79 Å².